The van der Waals surface area contributed by atoms with Gasteiger partial charge in [-0.25, -0.2) is 0 Å². The third-order valence-electron chi connectivity index (χ3n) is 3.94. The van der Waals surface area contributed by atoms with Gasteiger partial charge in [-0.15, -0.1) is 0 Å². The first-order valence-electron chi connectivity index (χ1n) is 6.66. The Morgan fingerprint density at radius 3 is 2.72 bits per heavy atom. The van der Waals surface area contributed by atoms with Crippen LogP contribution in [0.4, 0.5) is 0 Å². The molecule has 2 heterocycles. The monoisotopic (exact) mass is 250 g/mol. The van der Waals surface area contributed by atoms with E-state index in [0.29, 0.717) is 12.6 Å². The lowest BCUT2D eigenvalue weighted by Crippen LogP contribution is -2.73. The van der Waals surface area contributed by atoms with E-state index in [1.807, 2.05) is 14.0 Å². The van der Waals surface area contributed by atoms with Crippen molar-refractivity contribution >= 4 is 14.1 Å². The summed E-state index contributed by atoms with van der Waals surface area (Å²) < 4.78 is 5.39. The smallest absolute Gasteiger partial charge is 0.143 e. The molecule has 2 saturated heterocycles. The molecule has 0 spiro atoms. The van der Waals surface area contributed by atoms with Crippen LogP contribution in [-0.4, -0.2) is 63.4 Å². The van der Waals surface area contributed by atoms with Gasteiger partial charge in [0, 0.05) is 45.1 Å². The molecule has 0 saturated carbocycles. The van der Waals surface area contributed by atoms with Gasteiger partial charge in [0.1, 0.15) is 7.85 Å². The summed E-state index contributed by atoms with van der Waals surface area (Å²) in [5.74, 6) is 0. The summed E-state index contributed by atoms with van der Waals surface area (Å²) in [6, 6.07) is 0.660. The van der Waals surface area contributed by atoms with Crippen LogP contribution in [0.2, 0.25) is 0 Å². The predicted octanol–water partition coefficient (Wildman–Crippen LogP) is -1.11. The standard InChI is InChI=1S/C12H23BN4O/c13-10(5-14)6-16-12(7-15)8-17(9-12)11-1-3-18-4-2-11/h5-6,11,14,16H,1-4,7-9,13,15H2/b10-6+,14-5?. The lowest BCUT2D eigenvalue weighted by atomic mass is 9.86. The van der Waals surface area contributed by atoms with E-state index in [1.165, 1.54) is 6.21 Å². The van der Waals surface area contributed by atoms with Crippen LogP contribution in [0.3, 0.4) is 0 Å². The minimum Gasteiger partial charge on any atom is -0.382 e. The Kier molecular flexibility index (Phi) is 4.42. The first-order valence-corrected chi connectivity index (χ1v) is 6.66. The molecule has 0 unspecified atom stereocenters. The quantitative estimate of drug-likeness (QED) is 0.427. The van der Waals surface area contributed by atoms with Crippen LogP contribution in [0.1, 0.15) is 12.8 Å². The Balaban J connectivity index is 1.84. The molecule has 5 nitrogen and oxygen atoms in total. The highest BCUT2D eigenvalue weighted by Crippen LogP contribution is 2.26. The molecule has 0 bridgehead atoms. The van der Waals surface area contributed by atoms with Crippen molar-refractivity contribution < 1.29 is 4.74 Å². The highest BCUT2D eigenvalue weighted by atomic mass is 16.5. The summed E-state index contributed by atoms with van der Waals surface area (Å²) >= 11 is 0. The zero-order valence-electron chi connectivity index (χ0n) is 11.1. The van der Waals surface area contributed by atoms with Gasteiger partial charge in [-0.3, -0.25) is 4.90 Å². The van der Waals surface area contributed by atoms with Crippen molar-refractivity contribution in [3.63, 3.8) is 0 Å². The second-order valence-electron chi connectivity index (χ2n) is 5.41. The summed E-state index contributed by atoms with van der Waals surface area (Å²) in [5, 5.41) is 10.6. The Labute approximate surface area is 110 Å². The van der Waals surface area contributed by atoms with Crippen LogP contribution >= 0.6 is 0 Å². The van der Waals surface area contributed by atoms with Crippen LogP contribution in [0.5, 0.6) is 0 Å². The molecule has 0 atom stereocenters. The number of hydrogen-bond acceptors (Lipinski definition) is 5. The summed E-state index contributed by atoms with van der Waals surface area (Å²) in [4.78, 5) is 2.50. The normalized spacial score (nSPS) is 25.5. The molecule has 18 heavy (non-hydrogen) atoms. The first kappa shape index (κ1) is 13.6. The highest BCUT2D eigenvalue weighted by Gasteiger charge is 2.44. The maximum atomic E-state index is 7.16. The molecule has 0 aromatic carbocycles. The van der Waals surface area contributed by atoms with Crippen LogP contribution in [0, 0.1) is 5.41 Å². The summed E-state index contributed by atoms with van der Waals surface area (Å²) in [6.45, 7) is 4.40. The van der Waals surface area contributed by atoms with Crippen molar-refractivity contribution in [3.8, 4) is 0 Å². The molecule has 0 aromatic rings. The van der Waals surface area contributed by atoms with Crippen LogP contribution < -0.4 is 11.1 Å². The largest absolute Gasteiger partial charge is 0.382 e. The van der Waals surface area contributed by atoms with Crippen molar-refractivity contribution in [1.82, 2.24) is 10.2 Å². The molecule has 100 valence electrons. The average Bonchev–Trinajstić information content (AvgIpc) is 2.38. The molecule has 6 heteroatoms. The number of nitrogens with one attached hydrogen (secondary N) is 2. The number of ether oxygens (including phenoxy) is 1. The zero-order valence-corrected chi connectivity index (χ0v) is 11.1. The zero-order chi connectivity index (χ0) is 13.0. The molecule has 2 fully saturated rings. The SMILES string of the molecule is B/C(C=N)=C/NC1(CN)CN(C2CCOCC2)C1. The third-order valence-corrected chi connectivity index (χ3v) is 3.94. The van der Waals surface area contributed by atoms with Crippen molar-refractivity contribution in [2.24, 2.45) is 5.73 Å². The fourth-order valence-corrected chi connectivity index (χ4v) is 2.63. The number of hydrogen-bond donors (Lipinski definition) is 3. The van der Waals surface area contributed by atoms with Gasteiger partial charge in [0.05, 0.1) is 5.54 Å². The van der Waals surface area contributed by atoms with Crippen LogP contribution in [0.25, 0.3) is 0 Å². The Hall–Kier alpha value is -0.845. The van der Waals surface area contributed by atoms with Gasteiger partial charge in [0.2, 0.25) is 0 Å². The average molecular weight is 250 g/mol. The minimum atomic E-state index is 0.00255. The Bertz CT molecular complexity index is 322. The molecule has 0 radical (unpaired) electrons. The third kappa shape index (κ3) is 2.94. The van der Waals surface area contributed by atoms with Gasteiger partial charge in [-0.05, 0) is 19.0 Å². The van der Waals surface area contributed by atoms with Crippen LogP contribution in [0.15, 0.2) is 11.7 Å². The maximum Gasteiger partial charge on any atom is 0.143 e. The second-order valence-corrected chi connectivity index (χ2v) is 5.41. The fourth-order valence-electron chi connectivity index (χ4n) is 2.63. The molecule has 0 aromatic heterocycles. The van der Waals surface area contributed by atoms with Crippen molar-refractivity contribution in [3.05, 3.63) is 11.7 Å². The minimum absolute atomic E-state index is 0.00255. The van der Waals surface area contributed by atoms with E-state index in [-0.39, 0.29) is 5.54 Å². The van der Waals surface area contributed by atoms with Gasteiger partial charge < -0.3 is 21.2 Å². The molecule has 0 amide bonds. The maximum absolute atomic E-state index is 7.16. The lowest BCUT2D eigenvalue weighted by molar-refractivity contribution is -0.0319. The van der Waals surface area contributed by atoms with E-state index in [0.717, 1.165) is 44.6 Å². The number of rotatable bonds is 5. The fraction of sp³-hybridized carbons (Fsp3) is 0.750. The number of allylic oxidation sites excluding steroid dienone is 1. The van der Waals surface area contributed by atoms with Gasteiger partial charge in [0.25, 0.3) is 0 Å². The molecule has 2 rings (SSSR count). The molecule has 4 N–H and O–H groups in total. The van der Waals surface area contributed by atoms with Crippen molar-refractivity contribution in [1.29, 1.82) is 5.41 Å². The molecule has 0 aliphatic carbocycles. The van der Waals surface area contributed by atoms with E-state index in [2.05, 4.69) is 10.2 Å². The number of nitrogens with two attached hydrogens (primary N) is 1. The lowest BCUT2D eigenvalue weighted by Gasteiger charge is -2.53. The van der Waals surface area contributed by atoms with Gasteiger partial charge in [-0.2, -0.15) is 0 Å². The van der Waals surface area contributed by atoms with Crippen molar-refractivity contribution in [2.45, 2.75) is 24.4 Å². The Morgan fingerprint density at radius 2 is 2.17 bits per heavy atom. The predicted molar refractivity (Wildman–Crippen MR) is 75.7 cm³/mol. The summed E-state index contributed by atoms with van der Waals surface area (Å²) in [6.07, 6.45) is 5.53. The summed E-state index contributed by atoms with van der Waals surface area (Å²) in [7, 11) is 1.92. The van der Waals surface area contributed by atoms with Gasteiger partial charge in [-0.1, -0.05) is 5.47 Å². The first-order chi connectivity index (χ1) is 8.69. The van der Waals surface area contributed by atoms with Gasteiger partial charge in [0.15, 0.2) is 0 Å². The van der Waals surface area contributed by atoms with Gasteiger partial charge >= 0.3 is 0 Å². The summed E-state index contributed by atoms with van der Waals surface area (Å²) in [5.41, 5.74) is 6.81. The van der Waals surface area contributed by atoms with E-state index in [1.54, 1.807) is 0 Å². The highest BCUT2D eigenvalue weighted by molar-refractivity contribution is 6.32. The van der Waals surface area contributed by atoms with E-state index in [4.69, 9.17) is 15.9 Å². The molecule has 2 aliphatic heterocycles. The van der Waals surface area contributed by atoms with E-state index < -0.39 is 0 Å². The number of likely N-dealkylation sites (tertiary alicyclic amines) is 1. The van der Waals surface area contributed by atoms with E-state index >= 15 is 0 Å². The van der Waals surface area contributed by atoms with Crippen LogP contribution in [-0.2, 0) is 4.74 Å². The molecule has 2 aliphatic rings. The molecular weight excluding hydrogens is 227 g/mol. The second kappa shape index (κ2) is 5.86. The molecular formula is C12H23BN4O. The topological polar surface area (TPSA) is 74.4 Å². The number of nitrogens with zero attached hydrogens (tertiary/aromatic N) is 1. The van der Waals surface area contributed by atoms with E-state index in [9.17, 15) is 0 Å². The van der Waals surface area contributed by atoms with Crippen molar-refractivity contribution in [2.75, 3.05) is 32.8 Å². The Morgan fingerprint density at radius 1 is 1.50 bits per heavy atom.